The molecule has 9 nitrogen and oxygen atoms in total. The number of carboxylic acid groups (broad SMARTS) is 1. The van der Waals surface area contributed by atoms with E-state index in [1.807, 2.05) is 66.7 Å². The van der Waals surface area contributed by atoms with Crippen molar-refractivity contribution >= 4 is 44.8 Å². The zero-order valence-electron chi connectivity index (χ0n) is 24.6. The number of nitrogen functional groups attached to an aromatic ring is 1. The number of benzene rings is 6. The monoisotopic (exact) mass is 604 g/mol. The van der Waals surface area contributed by atoms with E-state index in [0.717, 1.165) is 27.3 Å². The average Bonchev–Trinajstić information content (AvgIpc) is 3.05. The number of phenolic OH excluding ortho intramolecular Hbond substituents is 1. The molecule has 45 heavy (non-hydrogen) atoms. The number of hydrogen-bond donors (Lipinski definition) is 5. The summed E-state index contributed by atoms with van der Waals surface area (Å²) in [7, 11) is 3.14. The van der Waals surface area contributed by atoms with E-state index in [1.165, 1.54) is 12.1 Å². The molecule has 0 aliphatic heterocycles. The first-order valence-corrected chi connectivity index (χ1v) is 13.7. The molecule has 228 valence electrons. The topological polar surface area (TPSA) is 151 Å². The van der Waals surface area contributed by atoms with E-state index >= 15 is 0 Å². The third-order valence-electron chi connectivity index (χ3n) is 6.70. The number of para-hydroxylation sites is 4. The quantitative estimate of drug-likeness (QED) is 0.128. The number of aromatic hydroxyl groups is 2. The molecule has 0 aliphatic rings. The zero-order valence-corrected chi connectivity index (χ0v) is 24.6. The Kier molecular flexibility index (Phi) is 10.4. The highest BCUT2D eigenvalue weighted by Crippen LogP contribution is 2.28. The van der Waals surface area contributed by atoms with E-state index in [0.29, 0.717) is 17.1 Å². The Labute approximate surface area is 259 Å². The number of carboxylic acids is 1. The highest BCUT2D eigenvalue weighted by atomic mass is 16.5. The third kappa shape index (κ3) is 7.99. The Morgan fingerprint density at radius 3 is 1.51 bits per heavy atom. The highest BCUT2D eigenvalue weighted by Gasteiger charge is 2.14. The van der Waals surface area contributed by atoms with Crippen LogP contribution >= 0.6 is 0 Å². The molecule has 9 heteroatoms. The van der Waals surface area contributed by atoms with Crippen LogP contribution in [-0.4, -0.2) is 41.4 Å². The van der Waals surface area contributed by atoms with Crippen LogP contribution in [0.2, 0.25) is 0 Å². The lowest BCUT2D eigenvalue weighted by molar-refractivity contribution is 0.0693. The fraction of sp³-hybridized carbons (Fsp3) is 0.0556. The second-order valence-electron chi connectivity index (χ2n) is 9.63. The van der Waals surface area contributed by atoms with Crippen molar-refractivity contribution in [2.45, 2.75) is 0 Å². The molecule has 0 bridgehead atoms. The molecule has 0 radical (unpaired) electrons. The molecule has 0 spiro atoms. The Morgan fingerprint density at radius 1 is 0.600 bits per heavy atom. The minimum absolute atomic E-state index is 0.0499. The number of hydrogen-bond acceptors (Lipinski definition) is 7. The Hall–Kier alpha value is -6.22. The van der Waals surface area contributed by atoms with Crippen molar-refractivity contribution in [1.29, 1.82) is 0 Å². The smallest absolute Gasteiger partial charge is 0.339 e. The van der Waals surface area contributed by atoms with E-state index in [-0.39, 0.29) is 28.5 Å². The fourth-order valence-corrected chi connectivity index (χ4v) is 4.41. The summed E-state index contributed by atoms with van der Waals surface area (Å²) in [5, 5.41) is 34.4. The number of nitrogens with two attached hydrogens (primary N) is 1. The standard InChI is InChI=1S/C18H15NO3.C11H8O3.C7H9NO/c1-22-17-9-5-4-8-15(17)19-18(21)14-10-12-6-2-3-7-13(12)11-16(14)20;12-10-6-8-4-2-1-3-7(8)5-9(10)11(13)14;1-9-7-5-3-2-4-6(7)8/h2-11,20H,1H3,(H,19,21);1-6,12H,(H,13,14);2-5H,8H2,1H3. The molecule has 0 aromatic heterocycles. The molecule has 0 aliphatic carbocycles. The van der Waals surface area contributed by atoms with Crippen LogP contribution in [-0.2, 0) is 0 Å². The SMILES string of the molecule is COc1ccccc1N.COc1ccccc1NC(=O)c1cc2ccccc2cc1O.O=C(O)c1cc2ccccc2cc1O. The number of methoxy groups -OCH3 is 2. The van der Waals surface area contributed by atoms with Crippen LogP contribution in [0.15, 0.2) is 121 Å². The Balaban J connectivity index is 0.000000171. The molecule has 0 heterocycles. The summed E-state index contributed by atoms with van der Waals surface area (Å²) >= 11 is 0. The summed E-state index contributed by atoms with van der Waals surface area (Å²) in [6, 6.07) is 35.6. The van der Waals surface area contributed by atoms with Crippen LogP contribution < -0.4 is 20.5 Å². The Morgan fingerprint density at radius 2 is 1.02 bits per heavy atom. The second-order valence-corrected chi connectivity index (χ2v) is 9.63. The third-order valence-corrected chi connectivity index (χ3v) is 6.70. The van der Waals surface area contributed by atoms with Crippen LogP contribution in [0, 0.1) is 0 Å². The van der Waals surface area contributed by atoms with Crippen LogP contribution in [0.3, 0.4) is 0 Å². The van der Waals surface area contributed by atoms with Crippen molar-refractivity contribution in [3.8, 4) is 23.0 Å². The molecule has 1 amide bonds. The van der Waals surface area contributed by atoms with Crippen LogP contribution in [0.1, 0.15) is 20.7 Å². The van der Waals surface area contributed by atoms with Gasteiger partial charge in [-0.1, -0.05) is 72.8 Å². The van der Waals surface area contributed by atoms with Crippen molar-refractivity contribution in [2.24, 2.45) is 0 Å². The molecule has 0 fully saturated rings. The number of phenols is 2. The lowest BCUT2D eigenvalue weighted by Gasteiger charge is -2.11. The highest BCUT2D eigenvalue weighted by molar-refractivity contribution is 6.09. The molecule has 0 unspecified atom stereocenters. The van der Waals surface area contributed by atoms with Gasteiger partial charge in [-0.25, -0.2) is 4.79 Å². The van der Waals surface area contributed by atoms with Crippen LogP contribution in [0.4, 0.5) is 11.4 Å². The van der Waals surface area contributed by atoms with Gasteiger partial charge in [0, 0.05) is 0 Å². The molecule has 6 aromatic carbocycles. The van der Waals surface area contributed by atoms with Gasteiger partial charge in [0.1, 0.15) is 28.6 Å². The van der Waals surface area contributed by atoms with Gasteiger partial charge in [0.2, 0.25) is 0 Å². The molecular weight excluding hydrogens is 572 g/mol. The second kappa shape index (κ2) is 14.8. The van der Waals surface area contributed by atoms with E-state index in [1.54, 1.807) is 56.7 Å². The zero-order chi connectivity index (χ0) is 32.3. The maximum atomic E-state index is 12.4. The van der Waals surface area contributed by atoms with Gasteiger partial charge in [-0.05, 0) is 70.1 Å². The lowest BCUT2D eigenvalue weighted by atomic mass is 10.1. The van der Waals surface area contributed by atoms with Gasteiger partial charge in [0.05, 0.1) is 31.2 Å². The largest absolute Gasteiger partial charge is 0.507 e. The van der Waals surface area contributed by atoms with Gasteiger partial charge in [-0.2, -0.15) is 0 Å². The summed E-state index contributed by atoms with van der Waals surface area (Å²) in [5.41, 5.74) is 6.91. The molecule has 0 saturated heterocycles. The number of carbonyl (C=O) groups is 2. The van der Waals surface area contributed by atoms with Crippen molar-refractivity contribution < 1.29 is 34.4 Å². The molecular formula is C36H32N2O7. The number of amides is 1. The van der Waals surface area contributed by atoms with E-state index in [9.17, 15) is 19.8 Å². The molecule has 0 atom stereocenters. The maximum Gasteiger partial charge on any atom is 0.339 e. The fourth-order valence-electron chi connectivity index (χ4n) is 4.41. The number of fused-ring (bicyclic) bond motifs is 2. The van der Waals surface area contributed by atoms with Gasteiger partial charge >= 0.3 is 5.97 Å². The molecule has 6 aromatic rings. The minimum Gasteiger partial charge on any atom is -0.507 e. The predicted molar refractivity (Wildman–Crippen MR) is 177 cm³/mol. The average molecular weight is 605 g/mol. The molecule has 6 N–H and O–H groups in total. The number of nitrogens with one attached hydrogen (secondary N) is 1. The van der Waals surface area contributed by atoms with Gasteiger partial charge in [0.15, 0.2) is 0 Å². The first kappa shape index (κ1) is 31.7. The summed E-state index contributed by atoms with van der Waals surface area (Å²) in [6.07, 6.45) is 0. The number of aromatic carboxylic acids is 1. The van der Waals surface area contributed by atoms with Gasteiger partial charge in [-0.3, -0.25) is 4.79 Å². The predicted octanol–water partition coefficient (Wildman–Crippen LogP) is 7.33. The van der Waals surface area contributed by atoms with Crippen molar-refractivity contribution in [2.75, 3.05) is 25.3 Å². The first-order chi connectivity index (χ1) is 21.7. The first-order valence-electron chi connectivity index (χ1n) is 13.7. The minimum atomic E-state index is -1.12. The van der Waals surface area contributed by atoms with Crippen LogP contribution in [0.5, 0.6) is 23.0 Å². The van der Waals surface area contributed by atoms with Gasteiger partial charge in [0.25, 0.3) is 5.91 Å². The van der Waals surface area contributed by atoms with Gasteiger partial charge in [-0.15, -0.1) is 0 Å². The summed E-state index contributed by atoms with van der Waals surface area (Å²) < 4.78 is 10.1. The number of rotatable bonds is 5. The van der Waals surface area contributed by atoms with E-state index < -0.39 is 5.97 Å². The molecule has 6 rings (SSSR count). The normalized spacial score (nSPS) is 10.1. The van der Waals surface area contributed by atoms with Crippen molar-refractivity contribution in [3.63, 3.8) is 0 Å². The summed E-state index contributed by atoms with van der Waals surface area (Å²) in [6.45, 7) is 0. The number of carbonyl (C=O) groups excluding carboxylic acids is 1. The van der Waals surface area contributed by atoms with Crippen molar-refractivity contribution in [1.82, 2.24) is 0 Å². The maximum absolute atomic E-state index is 12.4. The summed E-state index contributed by atoms with van der Waals surface area (Å²) in [4.78, 5) is 23.1. The van der Waals surface area contributed by atoms with E-state index in [2.05, 4.69) is 5.32 Å². The van der Waals surface area contributed by atoms with Crippen molar-refractivity contribution in [3.05, 3.63) is 132 Å². The van der Waals surface area contributed by atoms with Crippen LogP contribution in [0.25, 0.3) is 21.5 Å². The molecule has 0 saturated carbocycles. The Bertz CT molecular complexity index is 1960. The number of anilines is 2. The summed E-state index contributed by atoms with van der Waals surface area (Å²) in [5.74, 6) is -0.447. The number of ether oxygens (including phenoxy) is 2. The van der Waals surface area contributed by atoms with E-state index in [4.69, 9.17) is 20.3 Å². The van der Waals surface area contributed by atoms with Gasteiger partial charge < -0.3 is 35.8 Å². The lowest BCUT2D eigenvalue weighted by Crippen LogP contribution is -2.12.